The molecule has 0 atom stereocenters. The number of hydrogen-bond donors (Lipinski definition) is 0. The summed E-state index contributed by atoms with van der Waals surface area (Å²) in [5.41, 5.74) is 0.656. The number of amides is 1. The fraction of sp³-hybridized carbons (Fsp3) is 0.500. The molecule has 0 radical (unpaired) electrons. The average Bonchev–Trinajstić information content (AvgIpc) is 3.11. The number of carbonyl (C=O) groups excluding carboxylic acids is 1. The van der Waals surface area contributed by atoms with Gasteiger partial charge in [-0.05, 0) is 32.9 Å². The molecule has 0 fully saturated rings. The predicted octanol–water partition coefficient (Wildman–Crippen LogP) is 3.11. The summed E-state index contributed by atoms with van der Waals surface area (Å²) in [7, 11) is 3.40. The lowest BCUT2D eigenvalue weighted by Gasteiger charge is -2.16. The van der Waals surface area contributed by atoms with Crippen molar-refractivity contribution in [2.45, 2.75) is 26.0 Å². The summed E-state index contributed by atoms with van der Waals surface area (Å²) in [4.78, 5) is 13.2. The lowest BCUT2D eigenvalue weighted by molar-refractivity contribution is -0.125. The van der Waals surface area contributed by atoms with Gasteiger partial charge in [-0.25, -0.2) is 0 Å². The zero-order valence-electron chi connectivity index (χ0n) is 16.3. The van der Waals surface area contributed by atoms with Gasteiger partial charge in [0.2, 0.25) is 17.5 Å². The normalized spacial score (nSPS) is 10.6. The largest absolute Gasteiger partial charge is 0.490 e. The van der Waals surface area contributed by atoms with Crippen LogP contribution in [0, 0.1) is 0 Å². The van der Waals surface area contributed by atoms with Crippen LogP contribution in [0.3, 0.4) is 0 Å². The van der Waals surface area contributed by atoms with E-state index in [1.54, 1.807) is 26.2 Å². The molecule has 27 heavy (non-hydrogen) atoms. The highest BCUT2D eigenvalue weighted by atomic mass is 32.2. The van der Waals surface area contributed by atoms with E-state index in [2.05, 4.69) is 10.2 Å². The number of benzene rings is 1. The highest BCUT2D eigenvalue weighted by Gasteiger charge is 2.19. The van der Waals surface area contributed by atoms with E-state index in [1.165, 1.54) is 16.7 Å². The zero-order chi connectivity index (χ0) is 19.8. The van der Waals surface area contributed by atoms with Crippen molar-refractivity contribution in [2.24, 2.45) is 0 Å². The highest BCUT2D eigenvalue weighted by molar-refractivity contribution is 7.99. The summed E-state index contributed by atoms with van der Waals surface area (Å²) < 4.78 is 22.8. The van der Waals surface area contributed by atoms with E-state index in [0.29, 0.717) is 53.7 Å². The minimum absolute atomic E-state index is 0.0296. The Morgan fingerprint density at radius 2 is 1.63 bits per heavy atom. The Balaban J connectivity index is 2.30. The van der Waals surface area contributed by atoms with Gasteiger partial charge in [-0.1, -0.05) is 11.8 Å². The average molecular weight is 395 g/mol. The second kappa shape index (κ2) is 10.1. The Bertz CT molecular complexity index is 736. The number of ether oxygens (including phenoxy) is 3. The fourth-order valence-electron chi connectivity index (χ4n) is 2.15. The molecule has 0 spiro atoms. The number of hydrogen-bond acceptors (Lipinski definition) is 8. The minimum Gasteiger partial charge on any atom is -0.490 e. The summed E-state index contributed by atoms with van der Waals surface area (Å²) in [6.07, 6.45) is 0. The quantitative estimate of drug-likeness (QED) is 0.567. The maximum Gasteiger partial charge on any atom is 0.277 e. The summed E-state index contributed by atoms with van der Waals surface area (Å²) in [5.74, 6) is 2.17. The standard InChI is InChI=1S/C18H25N3O5S/c1-6-23-13-9-12(10-14(24-7-2)16(13)25-8-3)17-19-20-18(26-17)27-11-15(22)21(4)5/h9-10H,6-8,11H2,1-5H3. The zero-order valence-corrected chi connectivity index (χ0v) is 17.1. The minimum atomic E-state index is -0.0296. The molecule has 1 aromatic carbocycles. The van der Waals surface area contributed by atoms with Crippen molar-refractivity contribution < 1.29 is 23.4 Å². The molecule has 0 aliphatic rings. The Morgan fingerprint density at radius 3 is 2.15 bits per heavy atom. The van der Waals surface area contributed by atoms with Crippen LogP contribution in [0.5, 0.6) is 17.2 Å². The molecular formula is C18H25N3O5S. The van der Waals surface area contributed by atoms with Crippen LogP contribution in [-0.2, 0) is 4.79 Å². The molecule has 1 heterocycles. The summed E-state index contributed by atoms with van der Waals surface area (Å²) >= 11 is 1.19. The molecule has 0 aliphatic heterocycles. The lowest BCUT2D eigenvalue weighted by atomic mass is 10.2. The molecule has 0 bridgehead atoms. The molecule has 0 saturated carbocycles. The van der Waals surface area contributed by atoms with Gasteiger partial charge in [0.1, 0.15) is 0 Å². The first kappa shape index (κ1) is 20.9. The van der Waals surface area contributed by atoms with Gasteiger partial charge in [-0.2, -0.15) is 0 Å². The van der Waals surface area contributed by atoms with Crippen LogP contribution in [0.25, 0.3) is 11.5 Å². The van der Waals surface area contributed by atoms with Gasteiger partial charge in [0, 0.05) is 19.7 Å². The maximum absolute atomic E-state index is 11.7. The number of carbonyl (C=O) groups is 1. The van der Waals surface area contributed by atoms with Crippen LogP contribution >= 0.6 is 11.8 Å². The number of nitrogens with zero attached hydrogens (tertiary/aromatic N) is 3. The summed E-state index contributed by atoms with van der Waals surface area (Å²) in [5, 5.41) is 8.39. The fourth-order valence-corrected chi connectivity index (χ4v) is 2.89. The summed E-state index contributed by atoms with van der Waals surface area (Å²) in [6, 6.07) is 3.56. The van der Waals surface area contributed by atoms with Crippen molar-refractivity contribution in [3.63, 3.8) is 0 Å². The molecule has 0 aliphatic carbocycles. The highest BCUT2D eigenvalue weighted by Crippen LogP contribution is 2.42. The molecular weight excluding hydrogens is 370 g/mol. The third-order valence-corrected chi connectivity index (χ3v) is 4.18. The van der Waals surface area contributed by atoms with Gasteiger partial charge in [-0.15, -0.1) is 10.2 Å². The smallest absolute Gasteiger partial charge is 0.277 e. The van der Waals surface area contributed by atoms with Crippen LogP contribution < -0.4 is 14.2 Å². The van der Waals surface area contributed by atoms with E-state index >= 15 is 0 Å². The van der Waals surface area contributed by atoms with E-state index < -0.39 is 0 Å². The number of rotatable bonds is 10. The van der Waals surface area contributed by atoms with E-state index in [4.69, 9.17) is 18.6 Å². The van der Waals surface area contributed by atoms with E-state index in [9.17, 15) is 4.79 Å². The summed E-state index contributed by atoms with van der Waals surface area (Å²) in [6.45, 7) is 7.13. The van der Waals surface area contributed by atoms with Gasteiger partial charge in [0.05, 0.1) is 25.6 Å². The molecule has 8 nitrogen and oxygen atoms in total. The first-order chi connectivity index (χ1) is 13.0. The second-order valence-corrected chi connectivity index (χ2v) is 6.48. The van der Waals surface area contributed by atoms with Gasteiger partial charge in [0.25, 0.3) is 5.22 Å². The Morgan fingerprint density at radius 1 is 1.04 bits per heavy atom. The van der Waals surface area contributed by atoms with E-state index in [-0.39, 0.29) is 11.7 Å². The molecule has 0 N–H and O–H groups in total. The number of thioether (sulfide) groups is 1. The third kappa shape index (κ3) is 5.53. The van der Waals surface area contributed by atoms with Gasteiger partial charge in [0.15, 0.2) is 11.5 Å². The second-order valence-electron chi connectivity index (χ2n) is 5.55. The third-order valence-electron chi connectivity index (χ3n) is 3.38. The van der Waals surface area contributed by atoms with Crippen LogP contribution in [0.4, 0.5) is 0 Å². The Kier molecular flexibility index (Phi) is 7.78. The first-order valence-electron chi connectivity index (χ1n) is 8.73. The Hall–Kier alpha value is -2.42. The molecule has 9 heteroatoms. The van der Waals surface area contributed by atoms with Crippen molar-refractivity contribution in [2.75, 3.05) is 39.7 Å². The predicted molar refractivity (Wildman–Crippen MR) is 103 cm³/mol. The van der Waals surface area contributed by atoms with Crippen molar-refractivity contribution >= 4 is 17.7 Å². The van der Waals surface area contributed by atoms with Crippen molar-refractivity contribution in [1.29, 1.82) is 0 Å². The molecule has 1 aromatic heterocycles. The van der Waals surface area contributed by atoms with Gasteiger partial charge >= 0.3 is 0 Å². The SMILES string of the molecule is CCOc1cc(-c2nnc(SCC(=O)N(C)C)o2)cc(OCC)c1OCC. The van der Waals surface area contributed by atoms with E-state index in [0.717, 1.165) is 0 Å². The molecule has 0 saturated heterocycles. The van der Waals surface area contributed by atoms with Gasteiger partial charge < -0.3 is 23.5 Å². The molecule has 0 unspecified atom stereocenters. The Labute approximate surface area is 163 Å². The molecule has 2 aromatic rings. The number of aromatic nitrogens is 2. The van der Waals surface area contributed by atoms with Gasteiger partial charge in [-0.3, -0.25) is 4.79 Å². The maximum atomic E-state index is 11.7. The molecule has 148 valence electrons. The van der Waals surface area contributed by atoms with Crippen molar-refractivity contribution in [1.82, 2.24) is 15.1 Å². The van der Waals surface area contributed by atoms with Crippen LogP contribution in [0.15, 0.2) is 21.8 Å². The topological polar surface area (TPSA) is 86.9 Å². The molecule has 1 amide bonds. The first-order valence-corrected chi connectivity index (χ1v) is 9.71. The van der Waals surface area contributed by atoms with Crippen LogP contribution in [0.1, 0.15) is 20.8 Å². The van der Waals surface area contributed by atoms with E-state index in [1.807, 2.05) is 20.8 Å². The monoisotopic (exact) mass is 395 g/mol. The lowest BCUT2D eigenvalue weighted by Crippen LogP contribution is -2.23. The van der Waals surface area contributed by atoms with Crippen LogP contribution in [-0.4, -0.2) is 60.7 Å². The van der Waals surface area contributed by atoms with Crippen molar-refractivity contribution in [3.05, 3.63) is 12.1 Å². The molecule has 2 rings (SSSR count). The van der Waals surface area contributed by atoms with Crippen molar-refractivity contribution in [3.8, 4) is 28.7 Å². The van der Waals surface area contributed by atoms with Crippen LogP contribution in [0.2, 0.25) is 0 Å².